The van der Waals surface area contributed by atoms with Gasteiger partial charge < -0.3 is 15.7 Å². The Bertz CT molecular complexity index is 429. The van der Waals surface area contributed by atoms with E-state index in [1.54, 1.807) is 6.07 Å². The van der Waals surface area contributed by atoms with Crippen LogP contribution in [-0.2, 0) is 6.42 Å². The summed E-state index contributed by atoms with van der Waals surface area (Å²) in [7, 11) is 1.98. The molecule has 1 aromatic rings. The number of nitrogens with zero attached hydrogens (tertiary/aromatic N) is 1. The van der Waals surface area contributed by atoms with Gasteiger partial charge in [-0.05, 0) is 25.1 Å². The largest absolute Gasteiger partial charge is 0.507 e. The predicted molar refractivity (Wildman–Crippen MR) is 63.1 cm³/mol. The fourth-order valence-corrected chi connectivity index (χ4v) is 2.12. The zero-order valence-corrected chi connectivity index (χ0v) is 9.36. The Kier molecular flexibility index (Phi) is 2.83. The van der Waals surface area contributed by atoms with E-state index >= 15 is 0 Å². The van der Waals surface area contributed by atoms with Crippen molar-refractivity contribution in [1.29, 1.82) is 0 Å². The molecule has 2 rings (SSSR count). The number of Topliss-reactive ketones (excluding diaryl/α,β-unsaturated/α-hetero) is 1. The first-order chi connectivity index (χ1) is 7.65. The van der Waals surface area contributed by atoms with Gasteiger partial charge in [0, 0.05) is 31.3 Å². The molecule has 0 saturated heterocycles. The van der Waals surface area contributed by atoms with Crippen LogP contribution in [0.25, 0.3) is 0 Å². The summed E-state index contributed by atoms with van der Waals surface area (Å²) in [6.45, 7) is 1.20. The molecule has 4 nitrogen and oxygen atoms in total. The summed E-state index contributed by atoms with van der Waals surface area (Å²) in [6.07, 6.45) is 1.07. The quantitative estimate of drug-likeness (QED) is 0.743. The molecule has 0 radical (unpaired) electrons. The third kappa shape index (κ3) is 1.65. The van der Waals surface area contributed by atoms with E-state index in [-0.39, 0.29) is 18.0 Å². The molecule has 0 spiro atoms. The number of benzene rings is 1. The van der Waals surface area contributed by atoms with Gasteiger partial charge >= 0.3 is 0 Å². The average molecular weight is 220 g/mol. The Morgan fingerprint density at radius 3 is 3.00 bits per heavy atom. The number of rotatable bonds is 3. The number of carbonyl (C=O) groups excluding carboxylic acids is 1. The Balaban J connectivity index is 2.40. The smallest absolute Gasteiger partial charge is 0.167 e. The SMILES string of the molecule is CN1CCc2c1ccc(C(=O)CCN)c2O. The molecule has 0 unspecified atom stereocenters. The van der Waals surface area contributed by atoms with Gasteiger partial charge in [-0.1, -0.05) is 0 Å². The third-order valence-corrected chi connectivity index (χ3v) is 3.04. The van der Waals surface area contributed by atoms with Crippen molar-refractivity contribution in [1.82, 2.24) is 0 Å². The van der Waals surface area contributed by atoms with Crippen molar-refractivity contribution in [2.45, 2.75) is 12.8 Å². The summed E-state index contributed by atoms with van der Waals surface area (Å²) < 4.78 is 0. The number of likely N-dealkylation sites (N-methyl/N-ethyl adjacent to an activating group) is 1. The normalized spacial score (nSPS) is 14.0. The summed E-state index contributed by atoms with van der Waals surface area (Å²) >= 11 is 0. The van der Waals surface area contributed by atoms with Gasteiger partial charge in [0.25, 0.3) is 0 Å². The molecular formula is C12H16N2O2. The average Bonchev–Trinajstić information content (AvgIpc) is 2.62. The number of phenolic OH excluding ortho intramolecular Hbond substituents is 1. The molecule has 86 valence electrons. The highest BCUT2D eigenvalue weighted by Gasteiger charge is 2.23. The lowest BCUT2D eigenvalue weighted by Crippen LogP contribution is -2.12. The van der Waals surface area contributed by atoms with Crippen molar-refractivity contribution in [3.63, 3.8) is 0 Å². The van der Waals surface area contributed by atoms with Gasteiger partial charge in [-0.2, -0.15) is 0 Å². The minimum atomic E-state index is -0.0858. The van der Waals surface area contributed by atoms with E-state index in [4.69, 9.17) is 5.73 Å². The van der Waals surface area contributed by atoms with Gasteiger partial charge in [0.2, 0.25) is 0 Å². The zero-order chi connectivity index (χ0) is 11.7. The number of carbonyl (C=O) groups is 1. The van der Waals surface area contributed by atoms with Gasteiger partial charge in [-0.25, -0.2) is 0 Å². The zero-order valence-electron chi connectivity index (χ0n) is 9.36. The first-order valence-electron chi connectivity index (χ1n) is 5.44. The minimum absolute atomic E-state index is 0.0858. The maximum Gasteiger partial charge on any atom is 0.167 e. The van der Waals surface area contributed by atoms with Crippen LogP contribution in [0.4, 0.5) is 5.69 Å². The topological polar surface area (TPSA) is 66.6 Å². The second kappa shape index (κ2) is 4.14. The van der Waals surface area contributed by atoms with Gasteiger partial charge in [-0.3, -0.25) is 4.79 Å². The second-order valence-corrected chi connectivity index (χ2v) is 4.09. The lowest BCUT2D eigenvalue weighted by atomic mass is 10.0. The molecular weight excluding hydrogens is 204 g/mol. The summed E-state index contributed by atoms with van der Waals surface area (Å²) in [4.78, 5) is 13.8. The molecule has 0 fully saturated rings. The monoisotopic (exact) mass is 220 g/mol. The fraction of sp³-hybridized carbons (Fsp3) is 0.417. The molecule has 0 bridgehead atoms. The van der Waals surface area contributed by atoms with Crippen LogP contribution < -0.4 is 10.6 Å². The van der Waals surface area contributed by atoms with Crippen LogP contribution in [0.3, 0.4) is 0 Å². The van der Waals surface area contributed by atoms with Gasteiger partial charge in [0.1, 0.15) is 5.75 Å². The lowest BCUT2D eigenvalue weighted by Gasteiger charge is -2.13. The molecule has 1 aromatic carbocycles. The molecule has 1 aliphatic heterocycles. The molecule has 0 aromatic heterocycles. The van der Waals surface area contributed by atoms with E-state index in [0.717, 1.165) is 24.2 Å². The van der Waals surface area contributed by atoms with E-state index in [1.165, 1.54) is 0 Å². The van der Waals surface area contributed by atoms with Crippen LogP contribution >= 0.6 is 0 Å². The van der Waals surface area contributed by atoms with Crippen molar-refractivity contribution < 1.29 is 9.90 Å². The Hall–Kier alpha value is -1.55. The molecule has 4 heteroatoms. The Morgan fingerprint density at radius 1 is 1.56 bits per heavy atom. The van der Waals surface area contributed by atoms with Crippen LogP contribution in [0.1, 0.15) is 22.3 Å². The summed E-state index contributed by atoms with van der Waals surface area (Å²) in [5, 5.41) is 10.0. The van der Waals surface area contributed by atoms with E-state index in [2.05, 4.69) is 4.90 Å². The fourth-order valence-electron chi connectivity index (χ4n) is 2.12. The molecule has 1 heterocycles. The highest BCUT2D eigenvalue weighted by atomic mass is 16.3. The van der Waals surface area contributed by atoms with Crippen LogP contribution in [0.15, 0.2) is 12.1 Å². The third-order valence-electron chi connectivity index (χ3n) is 3.04. The van der Waals surface area contributed by atoms with Crippen molar-refractivity contribution in [2.75, 3.05) is 25.0 Å². The lowest BCUT2D eigenvalue weighted by molar-refractivity contribution is 0.0983. The molecule has 0 aliphatic carbocycles. The maximum absolute atomic E-state index is 11.7. The van der Waals surface area contributed by atoms with Gasteiger partial charge in [0.05, 0.1) is 5.56 Å². The molecule has 0 atom stereocenters. The summed E-state index contributed by atoms with van der Waals surface area (Å²) in [5.74, 6) is 0.0534. The number of fused-ring (bicyclic) bond motifs is 1. The molecule has 0 saturated carbocycles. The van der Waals surface area contributed by atoms with E-state index in [0.29, 0.717) is 12.1 Å². The van der Waals surface area contributed by atoms with Gasteiger partial charge in [-0.15, -0.1) is 0 Å². The Labute approximate surface area is 94.7 Å². The predicted octanol–water partition coefficient (Wildman–Crippen LogP) is 0.916. The Morgan fingerprint density at radius 2 is 2.31 bits per heavy atom. The highest BCUT2D eigenvalue weighted by Crippen LogP contribution is 2.36. The number of hydrogen-bond donors (Lipinski definition) is 2. The first kappa shape index (κ1) is 11.0. The van der Waals surface area contributed by atoms with E-state index in [1.807, 2.05) is 13.1 Å². The number of phenols is 1. The first-order valence-corrected chi connectivity index (χ1v) is 5.44. The van der Waals surface area contributed by atoms with Crippen molar-refractivity contribution in [3.8, 4) is 5.75 Å². The number of aromatic hydroxyl groups is 1. The number of hydrogen-bond acceptors (Lipinski definition) is 4. The van der Waals surface area contributed by atoms with Crippen LogP contribution in [0, 0.1) is 0 Å². The van der Waals surface area contributed by atoms with Crippen molar-refractivity contribution >= 4 is 11.5 Å². The number of anilines is 1. The van der Waals surface area contributed by atoms with Crippen LogP contribution in [-0.4, -0.2) is 31.0 Å². The highest BCUT2D eigenvalue weighted by molar-refractivity contribution is 6.00. The van der Waals surface area contributed by atoms with Crippen LogP contribution in [0.2, 0.25) is 0 Å². The van der Waals surface area contributed by atoms with E-state index < -0.39 is 0 Å². The molecule has 0 amide bonds. The summed E-state index contributed by atoms with van der Waals surface area (Å²) in [6, 6.07) is 3.58. The molecule has 3 N–H and O–H groups in total. The molecule has 16 heavy (non-hydrogen) atoms. The standard InChI is InChI=1S/C12H16N2O2/c1-14-7-5-8-10(14)3-2-9(12(8)16)11(15)4-6-13/h2-3,16H,4-7,13H2,1H3. The number of ketones is 1. The van der Waals surface area contributed by atoms with Crippen molar-refractivity contribution in [3.05, 3.63) is 23.3 Å². The minimum Gasteiger partial charge on any atom is -0.507 e. The van der Waals surface area contributed by atoms with E-state index in [9.17, 15) is 9.90 Å². The van der Waals surface area contributed by atoms with Gasteiger partial charge in [0.15, 0.2) is 5.78 Å². The maximum atomic E-state index is 11.7. The number of nitrogens with two attached hydrogens (primary N) is 1. The van der Waals surface area contributed by atoms with Crippen molar-refractivity contribution in [2.24, 2.45) is 5.73 Å². The molecule has 1 aliphatic rings. The van der Waals surface area contributed by atoms with Crippen LogP contribution in [0.5, 0.6) is 5.75 Å². The summed E-state index contributed by atoms with van der Waals surface area (Å²) in [5.41, 5.74) is 7.64. The second-order valence-electron chi connectivity index (χ2n) is 4.09.